The number of nitrogens with one attached hydrogen (secondary N) is 2. The summed E-state index contributed by atoms with van der Waals surface area (Å²) in [6.07, 6.45) is -0.617. The van der Waals surface area contributed by atoms with Gasteiger partial charge in [-0.15, -0.1) is 11.3 Å². The highest BCUT2D eigenvalue weighted by Crippen LogP contribution is 2.42. The molecular formula is C47H41Cl2N5O8S2. The summed E-state index contributed by atoms with van der Waals surface area (Å²) in [5.74, 6) is -0.565. The zero-order valence-corrected chi connectivity index (χ0v) is 37.7. The fourth-order valence-electron chi connectivity index (χ4n) is 7.58. The zero-order chi connectivity index (χ0) is 45.1. The van der Waals surface area contributed by atoms with Crippen LogP contribution >= 0.6 is 34.5 Å². The molecule has 0 radical (unpaired) electrons. The summed E-state index contributed by atoms with van der Waals surface area (Å²) in [5.41, 5.74) is 5.87. The van der Waals surface area contributed by atoms with E-state index in [1.165, 1.54) is 11.3 Å². The van der Waals surface area contributed by atoms with Gasteiger partial charge in [-0.2, -0.15) is 9.57 Å². The van der Waals surface area contributed by atoms with Gasteiger partial charge in [0.05, 0.1) is 21.7 Å². The molecule has 1 aromatic heterocycles. The number of aliphatic carboxylic acids is 1. The molecule has 13 nitrogen and oxygen atoms in total. The van der Waals surface area contributed by atoms with Crippen LogP contribution in [0.1, 0.15) is 51.3 Å². The number of anilines is 1. The maximum absolute atomic E-state index is 14.6. The fraction of sp³-hybridized carbons (Fsp3) is 0.234. The Kier molecular flexibility index (Phi) is 13.1. The minimum Gasteiger partial charge on any atom is -0.489 e. The average Bonchev–Trinajstić information content (AvgIpc) is 3.68. The van der Waals surface area contributed by atoms with Crippen molar-refractivity contribution in [2.75, 3.05) is 18.5 Å². The summed E-state index contributed by atoms with van der Waals surface area (Å²) in [6.45, 7) is 4.31. The Balaban J connectivity index is 1.02. The third-order valence-electron chi connectivity index (χ3n) is 10.9. The van der Waals surface area contributed by atoms with Gasteiger partial charge in [0.25, 0.3) is 10.0 Å². The second-order valence-corrected chi connectivity index (χ2v) is 19.1. The van der Waals surface area contributed by atoms with Crippen molar-refractivity contribution in [2.45, 2.75) is 63.1 Å². The first-order valence-corrected chi connectivity index (χ1v) is 23.3. The van der Waals surface area contributed by atoms with E-state index in [4.69, 9.17) is 42.7 Å². The molecule has 0 bridgehead atoms. The Bertz CT molecular complexity index is 2870. The molecule has 0 saturated carbocycles. The summed E-state index contributed by atoms with van der Waals surface area (Å²) in [5, 5.41) is 26.3. The molecule has 8 rings (SSSR count). The van der Waals surface area contributed by atoms with E-state index in [2.05, 4.69) is 21.7 Å². The predicted octanol–water partition coefficient (Wildman–Crippen LogP) is 8.75. The van der Waals surface area contributed by atoms with E-state index in [9.17, 15) is 23.1 Å². The van der Waals surface area contributed by atoms with E-state index in [-0.39, 0.29) is 31.0 Å². The van der Waals surface area contributed by atoms with E-state index >= 15 is 0 Å². The molecule has 2 aliphatic rings. The monoisotopic (exact) mass is 937 g/mol. The highest BCUT2D eigenvalue weighted by atomic mass is 35.5. The van der Waals surface area contributed by atoms with Crippen LogP contribution in [0.15, 0.2) is 108 Å². The van der Waals surface area contributed by atoms with Gasteiger partial charge in [-0.1, -0.05) is 77.8 Å². The first kappa shape index (κ1) is 44.5. The van der Waals surface area contributed by atoms with Gasteiger partial charge < -0.3 is 30.0 Å². The highest BCUT2D eigenvalue weighted by Gasteiger charge is 2.43. The lowest BCUT2D eigenvalue weighted by Gasteiger charge is -2.36. The predicted molar refractivity (Wildman–Crippen MR) is 244 cm³/mol. The minimum absolute atomic E-state index is 0.0592. The molecule has 3 heterocycles. The number of aromatic nitrogens is 1. The SMILES string of the molecule is CCNc1nc(S(=O)(=O)N2Cc3cc4c(cc3C[C@H]2C(=O)NC(Cc2ccc(-c3ccc(C#N)cc3)cc2)C(=O)O)OC[C@H](c2ccc(OCc3ccc(Cl)c(Cl)c3)cc2)O4)c(C)s1. The number of carboxylic acid groups (broad SMARTS) is 1. The van der Waals surface area contributed by atoms with Gasteiger partial charge in [-0.3, -0.25) is 4.79 Å². The first-order chi connectivity index (χ1) is 30.8. The molecule has 0 spiro atoms. The Morgan fingerprint density at radius 3 is 2.31 bits per heavy atom. The van der Waals surface area contributed by atoms with Crippen molar-refractivity contribution in [1.82, 2.24) is 14.6 Å². The quantitative estimate of drug-likeness (QED) is 0.0951. The van der Waals surface area contributed by atoms with Gasteiger partial charge in [0.1, 0.15) is 31.0 Å². The molecule has 3 atom stereocenters. The van der Waals surface area contributed by atoms with E-state index in [1.54, 1.807) is 55.5 Å². The molecule has 5 aromatic carbocycles. The van der Waals surface area contributed by atoms with Crippen LogP contribution in [0.2, 0.25) is 10.0 Å². The molecule has 0 fully saturated rings. The number of nitriles is 1. The van der Waals surface area contributed by atoms with Gasteiger partial charge in [0.2, 0.25) is 5.91 Å². The number of aryl methyl sites for hydroxylation is 1. The summed E-state index contributed by atoms with van der Waals surface area (Å²) in [4.78, 5) is 31.8. The topological polar surface area (TPSA) is 180 Å². The highest BCUT2D eigenvalue weighted by molar-refractivity contribution is 7.89. The maximum atomic E-state index is 14.6. The molecule has 0 aliphatic carbocycles. The number of rotatable bonds is 14. The van der Waals surface area contributed by atoms with Gasteiger partial charge >= 0.3 is 5.97 Å². The molecule has 0 saturated heterocycles. The maximum Gasteiger partial charge on any atom is 0.326 e. The molecule has 17 heteroatoms. The third-order valence-corrected chi connectivity index (χ3v) is 14.6. The lowest BCUT2D eigenvalue weighted by atomic mass is 9.94. The van der Waals surface area contributed by atoms with Crippen molar-refractivity contribution in [1.29, 1.82) is 5.26 Å². The van der Waals surface area contributed by atoms with Crippen LogP contribution < -0.4 is 24.8 Å². The molecule has 1 amide bonds. The van der Waals surface area contributed by atoms with Crippen LogP contribution in [-0.4, -0.2) is 59.9 Å². The van der Waals surface area contributed by atoms with Crippen LogP contribution in [0.25, 0.3) is 11.1 Å². The van der Waals surface area contributed by atoms with Crippen molar-refractivity contribution < 1.29 is 37.3 Å². The number of amides is 1. The number of nitrogens with zero attached hydrogens (tertiary/aromatic N) is 3. The van der Waals surface area contributed by atoms with Crippen LogP contribution in [0, 0.1) is 18.3 Å². The Hall–Kier alpha value is -6.15. The van der Waals surface area contributed by atoms with Crippen LogP contribution in [-0.2, 0) is 45.6 Å². The Morgan fingerprint density at radius 2 is 1.64 bits per heavy atom. The van der Waals surface area contributed by atoms with Crippen molar-refractivity contribution in [3.63, 3.8) is 0 Å². The summed E-state index contributed by atoms with van der Waals surface area (Å²) >= 11 is 13.4. The number of benzene rings is 5. The van der Waals surface area contributed by atoms with E-state index < -0.39 is 40.1 Å². The fourth-order valence-corrected chi connectivity index (χ4v) is 10.8. The molecule has 328 valence electrons. The first-order valence-electron chi connectivity index (χ1n) is 20.3. The summed E-state index contributed by atoms with van der Waals surface area (Å²) < 4.78 is 48.9. The van der Waals surface area contributed by atoms with Crippen LogP contribution in [0.5, 0.6) is 17.2 Å². The van der Waals surface area contributed by atoms with Crippen molar-refractivity contribution >= 4 is 61.6 Å². The van der Waals surface area contributed by atoms with Crippen LogP contribution in [0.3, 0.4) is 0 Å². The third kappa shape index (κ3) is 9.67. The normalized spacial score (nSPS) is 16.2. The zero-order valence-electron chi connectivity index (χ0n) is 34.5. The van der Waals surface area contributed by atoms with Gasteiger partial charge in [-0.05, 0) is 108 Å². The number of fused-ring (bicyclic) bond motifs is 2. The number of carbonyl (C=O) groups is 2. The number of hydrogen-bond donors (Lipinski definition) is 3. The molecule has 1 unspecified atom stereocenters. The molecular weight excluding hydrogens is 898 g/mol. The standard InChI is InChI=1S/C47H41Cl2N5O8S2/c1-3-51-47-53-45(27(2)63-47)64(58,59)54-24-35-22-42-41(61-26-43(62-42)33-13-15-36(16-14-33)60-25-30-8-17-37(48)38(49)18-30)21-34(35)20-40(54)44(55)52-39(46(56)57)19-28-4-9-31(10-5-28)32-11-6-29(23-50)7-12-32/h4-18,21-22,39-40,43H,3,19-20,24-26H2,1-2H3,(H,51,53)(H,52,55)(H,56,57)/t39?,40-,43+/m0/s1. The lowest BCUT2D eigenvalue weighted by Crippen LogP contribution is -2.55. The largest absolute Gasteiger partial charge is 0.489 e. The van der Waals surface area contributed by atoms with E-state index in [1.807, 2.05) is 61.5 Å². The van der Waals surface area contributed by atoms with Crippen LogP contribution in [0.4, 0.5) is 5.13 Å². The molecule has 64 heavy (non-hydrogen) atoms. The van der Waals surface area contributed by atoms with Crippen molar-refractivity contribution in [2.24, 2.45) is 0 Å². The van der Waals surface area contributed by atoms with Crippen molar-refractivity contribution in [3.05, 3.63) is 151 Å². The second-order valence-electron chi connectivity index (χ2n) is 15.3. The van der Waals surface area contributed by atoms with Gasteiger partial charge in [0, 0.05) is 24.4 Å². The number of ether oxygens (including phenoxy) is 3. The number of sulfonamides is 1. The number of hydrogen-bond acceptors (Lipinski definition) is 11. The minimum atomic E-state index is -4.41. The van der Waals surface area contributed by atoms with Gasteiger partial charge in [-0.25, -0.2) is 18.2 Å². The lowest BCUT2D eigenvalue weighted by molar-refractivity contribution is -0.142. The van der Waals surface area contributed by atoms with Crippen molar-refractivity contribution in [3.8, 4) is 34.4 Å². The van der Waals surface area contributed by atoms with E-state index in [0.717, 1.165) is 26.6 Å². The number of halogens is 2. The smallest absolute Gasteiger partial charge is 0.326 e. The number of carbonyl (C=O) groups excluding carboxylic acids is 1. The second kappa shape index (κ2) is 18.9. The summed E-state index contributed by atoms with van der Waals surface area (Å²) in [7, 11) is -4.41. The van der Waals surface area contributed by atoms with Gasteiger partial charge in [0.15, 0.2) is 27.8 Å². The molecule has 3 N–H and O–H groups in total. The average molecular weight is 939 g/mol. The molecule has 2 aliphatic heterocycles. The Morgan fingerprint density at radius 1 is 0.953 bits per heavy atom. The number of carboxylic acids is 1. The molecule has 6 aromatic rings. The van der Waals surface area contributed by atoms with E-state index in [0.29, 0.717) is 72.7 Å². The Labute approximate surface area is 384 Å². The number of thiazole rings is 1. The summed E-state index contributed by atoms with van der Waals surface area (Å²) in [6, 6.07) is 30.0.